The number of benzene rings is 1. The zero-order valence-corrected chi connectivity index (χ0v) is 13.2. The quantitative estimate of drug-likeness (QED) is 0.829. The maximum Gasteiger partial charge on any atom is 0.231 e. The zero-order chi connectivity index (χ0) is 16.4. The molecule has 0 unspecified atom stereocenters. The Morgan fingerprint density at radius 3 is 2.50 bits per heavy atom. The molecule has 1 amide bonds. The number of amides is 1. The second-order valence-corrected chi connectivity index (χ2v) is 5.55. The predicted molar refractivity (Wildman–Crippen MR) is 83.9 cm³/mol. The lowest BCUT2D eigenvalue weighted by Gasteiger charge is -2.11. The van der Waals surface area contributed by atoms with Crippen LogP contribution in [0.25, 0.3) is 11.0 Å². The van der Waals surface area contributed by atoms with Gasteiger partial charge in [-0.15, -0.1) is 0 Å². The number of aromatic nitrogens is 2. The van der Waals surface area contributed by atoms with Gasteiger partial charge in [0.15, 0.2) is 0 Å². The molecule has 2 rings (SSSR count). The van der Waals surface area contributed by atoms with Gasteiger partial charge < -0.3 is 10.3 Å². The Hall–Kier alpha value is -2.50. The number of nitrogens with one attached hydrogen (secondary N) is 2. The number of carbonyl (C=O) groups excluding carboxylic acids is 3. The van der Waals surface area contributed by atoms with Crippen molar-refractivity contribution in [2.45, 2.75) is 40.5 Å². The van der Waals surface area contributed by atoms with Crippen LogP contribution in [-0.4, -0.2) is 27.4 Å². The Kier molecular flexibility index (Phi) is 4.40. The van der Waals surface area contributed by atoms with E-state index in [9.17, 15) is 14.4 Å². The Morgan fingerprint density at radius 1 is 1.18 bits per heavy atom. The van der Waals surface area contributed by atoms with Crippen molar-refractivity contribution in [1.29, 1.82) is 0 Å². The molecule has 0 aliphatic rings. The van der Waals surface area contributed by atoms with E-state index in [-0.39, 0.29) is 24.4 Å². The number of nitrogens with zero attached hydrogens (tertiary/aromatic N) is 1. The molecule has 0 radical (unpaired) electrons. The molecule has 0 fully saturated rings. The second-order valence-electron chi connectivity index (χ2n) is 5.55. The maximum atomic E-state index is 12.0. The van der Waals surface area contributed by atoms with Crippen LogP contribution < -0.4 is 5.32 Å². The first kappa shape index (κ1) is 15.9. The van der Waals surface area contributed by atoms with Gasteiger partial charge in [0.2, 0.25) is 5.91 Å². The van der Waals surface area contributed by atoms with Crippen molar-refractivity contribution in [1.82, 2.24) is 9.97 Å². The first-order chi connectivity index (χ1) is 10.3. The maximum absolute atomic E-state index is 12.0. The number of Topliss-reactive ketones (excluding diaryl/α,β-unsaturated/α-hetero) is 2. The van der Waals surface area contributed by atoms with Crippen molar-refractivity contribution in [3.8, 4) is 0 Å². The van der Waals surface area contributed by atoms with Crippen molar-refractivity contribution >= 4 is 34.2 Å². The van der Waals surface area contributed by atoms with Crippen LogP contribution in [0.2, 0.25) is 0 Å². The van der Waals surface area contributed by atoms with Crippen LogP contribution in [0.1, 0.15) is 36.7 Å². The topological polar surface area (TPSA) is 91.9 Å². The minimum absolute atomic E-state index is 0.211. The molecular formula is C16H19N3O3. The number of hydrogen-bond acceptors (Lipinski definition) is 4. The fourth-order valence-corrected chi connectivity index (χ4v) is 2.36. The van der Waals surface area contributed by atoms with Gasteiger partial charge in [0.05, 0.1) is 24.0 Å². The normalized spacial score (nSPS) is 10.7. The number of fused-ring (bicyclic) bond motifs is 1. The second kappa shape index (κ2) is 6.09. The fraction of sp³-hybridized carbons (Fsp3) is 0.375. The number of H-pyrrole nitrogens is 1. The summed E-state index contributed by atoms with van der Waals surface area (Å²) >= 11 is 0. The SMILES string of the molecule is CC(=O)CC(=O)CC(=O)Nc1c(C)c(C)cc2[nH]c(C)nc12. The van der Waals surface area contributed by atoms with Crippen molar-refractivity contribution in [3.05, 3.63) is 23.0 Å². The van der Waals surface area contributed by atoms with Gasteiger partial charge in [-0.1, -0.05) is 0 Å². The van der Waals surface area contributed by atoms with Gasteiger partial charge in [0.1, 0.15) is 22.9 Å². The van der Waals surface area contributed by atoms with Gasteiger partial charge in [-0.2, -0.15) is 0 Å². The van der Waals surface area contributed by atoms with Gasteiger partial charge in [0, 0.05) is 0 Å². The van der Waals surface area contributed by atoms with E-state index in [0.29, 0.717) is 11.2 Å². The summed E-state index contributed by atoms with van der Waals surface area (Å²) in [4.78, 5) is 42.0. The fourth-order valence-electron chi connectivity index (χ4n) is 2.36. The average molecular weight is 301 g/mol. The number of imidazole rings is 1. The van der Waals surface area contributed by atoms with E-state index in [1.807, 2.05) is 26.8 Å². The highest BCUT2D eigenvalue weighted by Gasteiger charge is 2.16. The highest BCUT2D eigenvalue weighted by atomic mass is 16.2. The molecule has 0 saturated carbocycles. The molecule has 0 aliphatic carbocycles. The van der Waals surface area contributed by atoms with Crippen LogP contribution in [0.4, 0.5) is 5.69 Å². The highest BCUT2D eigenvalue weighted by molar-refractivity contribution is 6.11. The smallest absolute Gasteiger partial charge is 0.231 e. The molecule has 6 heteroatoms. The molecule has 116 valence electrons. The van der Waals surface area contributed by atoms with Gasteiger partial charge in [-0.3, -0.25) is 14.4 Å². The van der Waals surface area contributed by atoms with Crippen LogP contribution in [0, 0.1) is 20.8 Å². The Labute approximate surface area is 128 Å². The lowest BCUT2D eigenvalue weighted by molar-refractivity contribution is -0.128. The molecular weight excluding hydrogens is 282 g/mol. The summed E-state index contributed by atoms with van der Waals surface area (Å²) in [5.74, 6) is -0.301. The van der Waals surface area contributed by atoms with Crippen LogP contribution >= 0.6 is 0 Å². The van der Waals surface area contributed by atoms with Crippen LogP contribution in [0.3, 0.4) is 0 Å². The Morgan fingerprint density at radius 2 is 1.86 bits per heavy atom. The Bertz CT molecular complexity index is 775. The lowest BCUT2D eigenvalue weighted by atomic mass is 10.1. The summed E-state index contributed by atoms with van der Waals surface area (Å²) in [6.45, 7) is 7.01. The van der Waals surface area contributed by atoms with Crippen molar-refractivity contribution in [3.63, 3.8) is 0 Å². The molecule has 6 nitrogen and oxygen atoms in total. The minimum atomic E-state index is -0.429. The summed E-state index contributed by atoms with van der Waals surface area (Å²) in [6, 6.07) is 1.97. The molecule has 1 aromatic carbocycles. The van der Waals surface area contributed by atoms with Crippen LogP contribution in [-0.2, 0) is 14.4 Å². The molecule has 2 N–H and O–H groups in total. The van der Waals surface area contributed by atoms with E-state index in [4.69, 9.17) is 0 Å². The monoisotopic (exact) mass is 301 g/mol. The largest absolute Gasteiger partial charge is 0.342 e. The molecule has 1 aromatic heterocycles. The van der Waals surface area contributed by atoms with Gasteiger partial charge >= 0.3 is 0 Å². The number of ketones is 2. The third-order valence-corrected chi connectivity index (χ3v) is 3.48. The first-order valence-corrected chi connectivity index (χ1v) is 7.05. The summed E-state index contributed by atoms with van der Waals surface area (Å²) in [5.41, 5.74) is 4.05. The lowest BCUT2D eigenvalue weighted by Crippen LogP contribution is -2.18. The minimum Gasteiger partial charge on any atom is -0.342 e. The number of rotatable bonds is 5. The first-order valence-electron chi connectivity index (χ1n) is 7.05. The van der Waals surface area contributed by atoms with Crippen LogP contribution in [0.5, 0.6) is 0 Å². The number of anilines is 1. The van der Waals surface area contributed by atoms with E-state index >= 15 is 0 Å². The average Bonchev–Trinajstić information content (AvgIpc) is 2.74. The van der Waals surface area contributed by atoms with Crippen molar-refractivity contribution < 1.29 is 14.4 Å². The molecule has 1 heterocycles. The van der Waals surface area contributed by atoms with Gasteiger partial charge in [0.25, 0.3) is 0 Å². The standard InChI is InChI=1S/C16H19N3O3/c1-8-5-13-16(18-11(4)17-13)15(10(8)3)19-14(22)7-12(21)6-9(2)20/h5H,6-7H2,1-4H3,(H,17,18)(H,19,22). The van der Waals surface area contributed by atoms with E-state index in [1.54, 1.807) is 0 Å². The zero-order valence-electron chi connectivity index (χ0n) is 13.2. The van der Waals surface area contributed by atoms with E-state index in [0.717, 1.165) is 22.5 Å². The molecule has 0 bridgehead atoms. The third kappa shape index (κ3) is 3.39. The highest BCUT2D eigenvalue weighted by Crippen LogP contribution is 2.28. The molecule has 22 heavy (non-hydrogen) atoms. The van der Waals surface area contributed by atoms with Crippen molar-refractivity contribution in [2.24, 2.45) is 0 Å². The molecule has 0 aliphatic heterocycles. The summed E-state index contributed by atoms with van der Waals surface area (Å²) in [7, 11) is 0. The molecule has 0 spiro atoms. The van der Waals surface area contributed by atoms with Gasteiger partial charge in [-0.05, 0) is 44.9 Å². The van der Waals surface area contributed by atoms with E-state index < -0.39 is 5.91 Å². The van der Waals surface area contributed by atoms with Crippen LogP contribution in [0.15, 0.2) is 6.07 Å². The molecule has 0 atom stereocenters. The van der Waals surface area contributed by atoms with Crippen molar-refractivity contribution in [2.75, 3.05) is 5.32 Å². The molecule has 2 aromatic rings. The number of aryl methyl sites for hydroxylation is 2. The summed E-state index contributed by atoms with van der Waals surface area (Å²) < 4.78 is 0. The number of carbonyl (C=O) groups is 3. The van der Waals surface area contributed by atoms with E-state index in [2.05, 4.69) is 15.3 Å². The number of hydrogen-bond donors (Lipinski definition) is 2. The predicted octanol–water partition coefficient (Wildman–Crippen LogP) is 2.36. The number of aromatic amines is 1. The summed E-state index contributed by atoms with van der Waals surface area (Å²) in [6.07, 6.45) is -0.519. The summed E-state index contributed by atoms with van der Waals surface area (Å²) in [5, 5.41) is 2.76. The third-order valence-electron chi connectivity index (χ3n) is 3.48. The van der Waals surface area contributed by atoms with E-state index in [1.165, 1.54) is 6.92 Å². The Balaban J connectivity index is 2.27. The van der Waals surface area contributed by atoms with Gasteiger partial charge in [-0.25, -0.2) is 4.98 Å². The molecule has 0 saturated heterocycles.